The summed E-state index contributed by atoms with van der Waals surface area (Å²) in [5, 5.41) is 1.53. The molecular formula is C9H13FN2O. The number of halogens is 1. The average molecular weight is 184 g/mol. The van der Waals surface area contributed by atoms with Gasteiger partial charge in [-0.3, -0.25) is 5.84 Å². The second-order valence-electron chi connectivity index (χ2n) is 2.78. The van der Waals surface area contributed by atoms with Crippen LogP contribution in [0.2, 0.25) is 0 Å². The van der Waals surface area contributed by atoms with Crippen LogP contribution >= 0.6 is 0 Å². The fraction of sp³-hybridized carbons (Fsp3) is 0.333. The molecule has 0 fully saturated rings. The lowest BCUT2D eigenvalue weighted by Crippen LogP contribution is -2.30. The number of nitrogens with zero attached hydrogens (tertiary/aromatic N) is 1. The van der Waals surface area contributed by atoms with Crippen LogP contribution in [0.15, 0.2) is 24.3 Å². The van der Waals surface area contributed by atoms with Crippen molar-refractivity contribution in [1.82, 2.24) is 5.01 Å². The zero-order chi connectivity index (χ0) is 9.68. The molecule has 0 unspecified atom stereocenters. The Labute approximate surface area is 76.9 Å². The van der Waals surface area contributed by atoms with E-state index in [2.05, 4.69) is 0 Å². The highest BCUT2D eigenvalue weighted by molar-refractivity contribution is 5.21. The maximum absolute atomic E-state index is 12.5. The smallest absolute Gasteiger partial charge is 0.123 e. The molecule has 0 aromatic heterocycles. The summed E-state index contributed by atoms with van der Waals surface area (Å²) in [4.78, 5) is 0. The quantitative estimate of drug-likeness (QED) is 0.560. The van der Waals surface area contributed by atoms with Crippen molar-refractivity contribution in [2.24, 2.45) is 5.84 Å². The van der Waals surface area contributed by atoms with E-state index in [0.717, 1.165) is 0 Å². The predicted octanol–water partition coefficient (Wildman–Crippen LogP) is 1.01. The number of ether oxygens (including phenoxy) is 1. The number of likely N-dealkylation sites (N-methyl/N-ethyl adjacent to an activating group) is 1. The largest absolute Gasteiger partial charge is 0.492 e. The lowest BCUT2D eigenvalue weighted by atomic mass is 10.3. The van der Waals surface area contributed by atoms with Gasteiger partial charge in [0.05, 0.1) is 0 Å². The van der Waals surface area contributed by atoms with Gasteiger partial charge in [-0.2, -0.15) is 0 Å². The van der Waals surface area contributed by atoms with Crippen molar-refractivity contribution in [1.29, 1.82) is 0 Å². The number of hydrazine groups is 1. The third-order valence-electron chi connectivity index (χ3n) is 1.53. The minimum Gasteiger partial charge on any atom is -0.492 e. The Bertz CT molecular complexity index is 248. The normalized spacial score (nSPS) is 10.5. The van der Waals surface area contributed by atoms with Crippen molar-refractivity contribution in [2.45, 2.75) is 0 Å². The maximum atomic E-state index is 12.5. The molecule has 0 heterocycles. The van der Waals surface area contributed by atoms with Gasteiger partial charge in [0, 0.05) is 13.6 Å². The van der Waals surface area contributed by atoms with Crippen LogP contribution in [0.1, 0.15) is 0 Å². The SMILES string of the molecule is CN(N)CCOc1ccc(F)cc1. The van der Waals surface area contributed by atoms with Crippen LogP contribution in [0.25, 0.3) is 0 Å². The Balaban J connectivity index is 2.33. The second kappa shape index (κ2) is 4.79. The van der Waals surface area contributed by atoms with Crippen LogP contribution < -0.4 is 10.6 Å². The third-order valence-corrected chi connectivity index (χ3v) is 1.53. The first-order chi connectivity index (χ1) is 6.18. The van der Waals surface area contributed by atoms with Crippen molar-refractivity contribution in [3.05, 3.63) is 30.1 Å². The molecule has 0 amide bonds. The van der Waals surface area contributed by atoms with Crippen molar-refractivity contribution in [2.75, 3.05) is 20.2 Å². The standard InChI is InChI=1S/C9H13FN2O/c1-12(11)6-7-13-9-4-2-8(10)3-5-9/h2-5H,6-7,11H2,1H3. The zero-order valence-corrected chi connectivity index (χ0v) is 7.53. The van der Waals surface area contributed by atoms with Crippen LogP contribution in [0.4, 0.5) is 4.39 Å². The number of nitrogens with two attached hydrogens (primary N) is 1. The number of benzene rings is 1. The summed E-state index contributed by atoms with van der Waals surface area (Å²) in [6.45, 7) is 1.13. The minimum atomic E-state index is -0.261. The topological polar surface area (TPSA) is 38.5 Å². The van der Waals surface area contributed by atoms with Crippen molar-refractivity contribution >= 4 is 0 Å². The number of hydrogen-bond donors (Lipinski definition) is 1. The first-order valence-electron chi connectivity index (χ1n) is 4.02. The van der Waals surface area contributed by atoms with E-state index < -0.39 is 0 Å². The van der Waals surface area contributed by atoms with Crippen LogP contribution in [0.3, 0.4) is 0 Å². The van der Waals surface area contributed by atoms with Gasteiger partial charge in [-0.25, -0.2) is 9.40 Å². The molecule has 0 aliphatic rings. The summed E-state index contributed by atoms with van der Waals surface area (Å²) in [7, 11) is 1.76. The molecule has 72 valence electrons. The van der Waals surface area contributed by atoms with Crippen molar-refractivity contribution < 1.29 is 9.13 Å². The number of hydrogen-bond acceptors (Lipinski definition) is 3. The molecule has 0 saturated carbocycles. The van der Waals surface area contributed by atoms with E-state index in [9.17, 15) is 4.39 Å². The van der Waals surface area contributed by atoms with Gasteiger partial charge in [-0.1, -0.05) is 0 Å². The van der Waals surface area contributed by atoms with Gasteiger partial charge in [0.2, 0.25) is 0 Å². The first-order valence-corrected chi connectivity index (χ1v) is 4.02. The highest BCUT2D eigenvalue weighted by Gasteiger charge is 1.94. The van der Waals surface area contributed by atoms with Crippen LogP contribution in [0.5, 0.6) is 5.75 Å². The van der Waals surface area contributed by atoms with Gasteiger partial charge in [0.1, 0.15) is 18.2 Å². The summed E-state index contributed by atoms with van der Waals surface area (Å²) in [5.74, 6) is 5.77. The highest BCUT2D eigenvalue weighted by Crippen LogP contribution is 2.10. The second-order valence-corrected chi connectivity index (χ2v) is 2.78. The van der Waals surface area contributed by atoms with Gasteiger partial charge in [0.25, 0.3) is 0 Å². The Morgan fingerprint density at radius 3 is 2.54 bits per heavy atom. The van der Waals surface area contributed by atoms with Gasteiger partial charge >= 0.3 is 0 Å². The molecule has 0 radical (unpaired) electrons. The van der Waals surface area contributed by atoms with E-state index in [1.807, 2.05) is 0 Å². The summed E-state index contributed by atoms with van der Waals surface area (Å²) < 4.78 is 17.7. The van der Waals surface area contributed by atoms with E-state index >= 15 is 0 Å². The molecule has 0 spiro atoms. The lowest BCUT2D eigenvalue weighted by Gasteiger charge is -2.10. The molecule has 13 heavy (non-hydrogen) atoms. The summed E-state index contributed by atoms with van der Waals surface area (Å²) in [5.41, 5.74) is 0. The molecular weight excluding hydrogens is 171 g/mol. The van der Waals surface area contributed by atoms with E-state index in [1.165, 1.54) is 17.1 Å². The van der Waals surface area contributed by atoms with Gasteiger partial charge in [-0.05, 0) is 24.3 Å². The molecule has 4 heteroatoms. The summed E-state index contributed by atoms with van der Waals surface area (Å²) in [6.07, 6.45) is 0. The minimum absolute atomic E-state index is 0.261. The molecule has 0 aliphatic heterocycles. The summed E-state index contributed by atoms with van der Waals surface area (Å²) in [6, 6.07) is 5.90. The molecule has 1 rings (SSSR count). The van der Waals surface area contributed by atoms with Crippen LogP contribution in [-0.2, 0) is 0 Å². The molecule has 0 atom stereocenters. The van der Waals surface area contributed by atoms with Crippen LogP contribution in [-0.4, -0.2) is 25.2 Å². The summed E-state index contributed by atoms with van der Waals surface area (Å²) >= 11 is 0. The third kappa shape index (κ3) is 3.87. The molecule has 1 aromatic carbocycles. The van der Waals surface area contributed by atoms with E-state index in [1.54, 1.807) is 19.2 Å². The Morgan fingerprint density at radius 1 is 1.38 bits per heavy atom. The molecule has 0 aliphatic carbocycles. The predicted molar refractivity (Wildman–Crippen MR) is 48.7 cm³/mol. The molecule has 2 N–H and O–H groups in total. The van der Waals surface area contributed by atoms with Gasteiger partial charge in [-0.15, -0.1) is 0 Å². The van der Waals surface area contributed by atoms with Crippen LogP contribution in [0, 0.1) is 5.82 Å². The molecule has 3 nitrogen and oxygen atoms in total. The van der Waals surface area contributed by atoms with Gasteiger partial charge in [0.15, 0.2) is 0 Å². The maximum Gasteiger partial charge on any atom is 0.123 e. The van der Waals surface area contributed by atoms with E-state index in [0.29, 0.717) is 18.9 Å². The van der Waals surface area contributed by atoms with Crippen molar-refractivity contribution in [3.8, 4) is 5.75 Å². The van der Waals surface area contributed by atoms with Crippen molar-refractivity contribution in [3.63, 3.8) is 0 Å². The first kappa shape index (κ1) is 9.95. The fourth-order valence-electron chi connectivity index (χ4n) is 0.838. The Morgan fingerprint density at radius 2 is 2.00 bits per heavy atom. The molecule has 0 bridgehead atoms. The monoisotopic (exact) mass is 184 g/mol. The van der Waals surface area contributed by atoms with Gasteiger partial charge < -0.3 is 4.74 Å². The molecule has 0 saturated heterocycles. The Hall–Kier alpha value is -1.13. The Kier molecular flexibility index (Phi) is 3.67. The zero-order valence-electron chi connectivity index (χ0n) is 7.53. The highest BCUT2D eigenvalue weighted by atomic mass is 19.1. The average Bonchev–Trinajstić information content (AvgIpc) is 2.08. The van der Waals surface area contributed by atoms with E-state index in [-0.39, 0.29) is 5.82 Å². The lowest BCUT2D eigenvalue weighted by molar-refractivity contribution is 0.241. The fourth-order valence-corrected chi connectivity index (χ4v) is 0.838. The molecule has 1 aromatic rings. The van der Waals surface area contributed by atoms with E-state index in [4.69, 9.17) is 10.6 Å². The number of rotatable bonds is 4.